The Morgan fingerprint density at radius 1 is 0.957 bits per heavy atom. The molecule has 242 valence electrons. The molecule has 0 spiro atoms. The Hall–Kier alpha value is -5.10. The second kappa shape index (κ2) is 13.3. The molecular weight excluding hydrogens is 613 g/mol. The number of nitrogens with zero attached hydrogens (tertiary/aromatic N) is 6. The maximum atomic E-state index is 13.1. The fourth-order valence-corrected chi connectivity index (χ4v) is 6.05. The van der Waals surface area contributed by atoms with Crippen LogP contribution in [-0.4, -0.2) is 43.2 Å². The molecule has 0 unspecified atom stereocenters. The van der Waals surface area contributed by atoms with E-state index in [0.29, 0.717) is 29.6 Å². The van der Waals surface area contributed by atoms with Crippen LogP contribution >= 0.6 is 11.3 Å². The van der Waals surface area contributed by atoms with Crippen molar-refractivity contribution in [3.8, 4) is 27.9 Å². The summed E-state index contributed by atoms with van der Waals surface area (Å²) in [5.74, 6) is 1.60. The van der Waals surface area contributed by atoms with Crippen LogP contribution in [0, 0.1) is 0 Å². The lowest BCUT2D eigenvalue weighted by molar-refractivity contribution is -0.119. The van der Waals surface area contributed by atoms with E-state index in [1.165, 1.54) is 29.3 Å². The molecule has 1 saturated heterocycles. The van der Waals surface area contributed by atoms with E-state index in [1.54, 1.807) is 15.8 Å². The molecule has 11 nitrogen and oxygen atoms in total. The van der Waals surface area contributed by atoms with Crippen molar-refractivity contribution in [1.82, 2.24) is 24.7 Å². The predicted molar refractivity (Wildman–Crippen MR) is 185 cm³/mol. The van der Waals surface area contributed by atoms with Gasteiger partial charge in [-0.3, -0.25) is 15.0 Å². The molecule has 4 heterocycles. The van der Waals surface area contributed by atoms with Crippen LogP contribution in [-0.2, 0) is 10.2 Å². The van der Waals surface area contributed by atoms with Gasteiger partial charge in [-0.15, -0.1) is 0 Å². The summed E-state index contributed by atoms with van der Waals surface area (Å²) in [4.78, 5) is 41.1. The highest BCUT2D eigenvalue weighted by atomic mass is 32.1. The van der Waals surface area contributed by atoms with E-state index in [-0.39, 0.29) is 17.3 Å². The minimum Gasteiger partial charge on any atom is -0.424 e. The van der Waals surface area contributed by atoms with Crippen LogP contribution in [0.1, 0.15) is 71.1 Å². The number of benzene rings is 2. The highest BCUT2D eigenvalue weighted by Crippen LogP contribution is 2.34. The standard InChI is InChI=1S/C35H38N8O3S/c1-22(2)24-9-8-10-26(17-24)43-30(18-29(41-43)35(3,4)5)40-32(45)39-25-19-36-33(37-20-25)46-27-14-12-23(13-15-27)28-21-38-34(47-28)42-16-7-6-11-31(42)44/h8-10,12-15,17-22H,6-7,11,16H2,1-5H3,(H2,39,40,45). The van der Waals surface area contributed by atoms with Gasteiger partial charge in [-0.1, -0.05) is 58.1 Å². The molecule has 47 heavy (non-hydrogen) atoms. The summed E-state index contributed by atoms with van der Waals surface area (Å²) in [6, 6.07) is 17.3. The number of thiazole rings is 1. The van der Waals surface area contributed by atoms with Crippen molar-refractivity contribution in [1.29, 1.82) is 0 Å². The van der Waals surface area contributed by atoms with Gasteiger partial charge in [0.1, 0.15) is 11.6 Å². The maximum absolute atomic E-state index is 13.1. The fraction of sp³-hybridized carbons (Fsp3) is 0.314. The maximum Gasteiger partial charge on any atom is 0.324 e. The Morgan fingerprint density at radius 3 is 2.43 bits per heavy atom. The molecule has 1 aliphatic heterocycles. The van der Waals surface area contributed by atoms with Crippen molar-refractivity contribution in [3.05, 3.63) is 84.4 Å². The molecule has 0 atom stereocenters. The molecule has 5 aromatic rings. The van der Waals surface area contributed by atoms with Gasteiger partial charge >= 0.3 is 12.0 Å². The van der Waals surface area contributed by atoms with Crippen LogP contribution < -0.4 is 20.3 Å². The van der Waals surface area contributed by atoms with E-state index in [9.17, 15) is 9.59 Å². The normalized spacial score (nSPS) is 13.6. The first kappa shape index (κ1) is 31.9. The minimum absolute atomic E-state index is 0.133. The van der Waals surface area contributed by atoms with Gasteiger partial charge in [-0.2, -0.15) is 5.10 Å². The molecule has 3 aromatic heterocycles. The summed E-state index contributed by atoms with van der Waals surface area (Å²) < 4.78 is 7.60. The first-order valence-electron chi connectivity index (χ1n) is 15.7. The average molecular weight is 651 g/mol. The number of nitrogens with one attached hydrogen (secondary N) is 2. The molecule has 2 aromatic carbocycles. The second-order valence-corrected chi connectivity index (χ2v) is 13.8. The van der Waals surface area contributed by atoms with E-state index in [0.717, 1.165) is 46.3 Å². The molecule has 12 heteroatoms. The lowest BCUT2D eigenvalue weighted by atomic mass is 9.92. The number of aromatic nitrogens is 5. The molecule has 0 radical (unpaired) electrons. The van der Waals surface area contributed by atoms with Crippen LogP contribution in [0.3, 0.4) is 0 Å². The number of urea groups is 1. The van der Waals surface area contributed by atoms with Crippen molar-refractivity contribution >= 4 is 39.9 Å². The van der Waals surface area contributed by atoms with E-state index in [4.69, 9.17) is 9.84 Å². The largest absolute Gasteiger partial charge is 0.424 e. The highest BCUT2D eigenvalue weighted by Gasteiger charge is 2.23. The quantitative estimate of drug-likeness (QED) is 0.173. The zero-order valence-corrected chi connectivity index (χ0v) is 28.0. The van der Waals surface area contributed by atoms with Gasteiger partial charge < -0.3 is 10.1 Å². The predicted octanol–water partition coefficient (Wildman–Crippen LogP) is 8.16. The number of piperidine rings is 1. The molecule has 1 fully saturated rings. The van der Waals surface area contributed by atoms with Crippen molar-refractivity contribution in [2.24, 2.45) is 0 Å². The van der Waals surface area contributed by atoms with Gasteiger partial charge in [0.15, 0.2) is 5.13 Å². The number of carbonyl (C=O) groups excluding carboxylic acids is 2. The molecule has 3 amide bonds. The van der Waals surface area contributed by atoms with Gasteiger partial charge in [0.2, 0.25) is 5.91 Å². The number of ether oxygens (including phenoxy) is 1. The van der Waals surface area contributed by atoms with Crippen molar-refractivity contribution in [3.63, 3.8) is 0 Å². The van der Waals surface area contributed by atoms with E-state index in [2.05, 4.69) is 72.3 Å². The Kier molecular flexibility index (Phi) is 9.04. The Labute approximate surface area is 278 Å². The summed E-state index contributed by atoms with van der Waals surface area (Å²) in [7, 11) is 0. The van der Waals surface area contributed by atoms with Gasteiger partial charge in [-0.05, 0) is 66.3 Å². The Balaban J connectivity index is 1.09. The molecule has 0 saturated carbocycles. The summed E-state index contributed by atoms with van der Waals surface area (Å²) in [6.07, 6.45) is 7.28. The Morgan fingerprint density at radius 2 is 1.72 bits per heavy atom. The van der Waals surface area contributed by atoms with Crippen LogP contribution in [0.25, 0.3) is 16.1 Å². The second-order valence-electron chi connectivity index (χ2n) is 12.8. The van der Waals surface area contributed by atoms with Gasteiger partial charge in [0.25, 0.3) is 0 Å². The monoisotopic (exact) mass is 650 g/mol. The molecule has 1 aliphatic rings. The molecule has 0 aliphatic carbocycles. The number of amides is 3. The third kappa shape index (κ3) is 7.49. The minimum atomic E-state index is -0.449. The SMILES string of the molecule is CC(C)c1cccc(-n2nc(C(C)(C)C)cc2NC(=O)Nc2cnc(Oc3ccc(-c4cnc(N5CCCCC5=O)s4)cc3)nc2)c1. The number of carbonyl (C=O) groups is 2. The van der Waals surface area contributed by atoms with E-state index < -0.39 is 6.03 Å². The van der Waals surface area contributed by atoms with Crippen LogP contribution in [0.2, 0.25) is 0 Å². The lowest BCUT2D eigenvalue weighted by Crippen LogP contribution is -2.34. The fourth-order valence-electron chi connectivity index (χ4n) is 5.09. The average Bonchev–Trinajstić information content (AvgIpc) is 3.71. The molecule has 6 rings (SSSR count). The number of hydrogen-bond donors (Lipinski definition) is 2. The number of anilines is 3. The molecule has 2 N–H and O–H groups in total. The first-order valence-corrected chi connectivity index (χ1v) is 16.5. The zero-order chi connectivity index (χ0) is 33.1. The molecule has 0 bridgehead atoms. The van der Waals surface area contributed by atoms with Crippen LogP contribution in [0.15, 0.2) is 73.2 Å². The third-order valence-electron chi connectivity index (χ3n) is 7.78. The zero-order valence-electron chi connectivity index (χ0n) is 27.2. The summed E-state index contributed by atoms with van der Waals surface area (Å²) >= 11 is 1.50. The van der Waals surface area contributed by atoms with Crippen molar-refractivity contribution < 1.29 is 14.3 Å². The van der Waals surface area contributed by atoms with Gasteiger partial charge in [0, 0.05) is 30.6 Å². The van der Waals surface area contributed by atoms with Gasteiger partial charge in [-0.25, -0.2) is 24.4 Å². The van der Waals surface area contributed by atoms with Gasteiger partial charge in [0.05, 0.1) is 34.3 Å². The highest BCUT2D eigenvalue weighted by molar-refractivity contribution is 7.19. The smallest absolute Gasteiger partial charge is 0.324 e. The summed E-state index contributed by atoms with van der Waals surface area (Å²) in [5.41, 5.74) is 4.07. The van der Waals surface area contributed by atoms with E-state index >= 15 is 0 Å². The number of hydrogen-bond acceptors (Lipinski definition) is 8. The summed E-state index contributed by atoms with van der Waals surface area (Å²) in [6.45, 7) is 11.3. The number of rotatable bonds is 8. The van der Waals surface area contributed by atoms with E-state index in [1.807, 2.05) is 42.5 Å². The lowest BCUT2D eigenvalue weighted by Gasteiger charge is -2.23. The Bertz CT molecular complexity index is 1870. The third-order valence-corrected chi connectivity index (χ3v) is 8.85. The summed E-state index contributed by atoms with van der Waals surface area (Å²) in [5, 5.41) is 11.3. The first-order chi connectivity index (χ1) is 22.5. The van der Waals surface area contributed by atoms with Crippen molar-refractivity contribution in [2.45, 2.75) is 65.2 Å². The van der Waals surface area contributed by atoms with Crippen LogP contribution in [0.5, 0.6) is 11.8 Å². The van der Waals surface area contributed by atoms with Crippen molar-refractivity contribution in [2.75, 3.05) is 22.1 Å². The topological polar surface area (TPSA) is 127 Å². The molecular formula is C35H38N8O3S. The van der Waals surface area contributed by atoms with Crippen LogP contribution in [0.4, 0.5) is 21.4 Å².